The van der Waals surface area contributed by atoms with Crippen molar-refractivity contribution in [2.45, 2.75) is 89.5 Å². The molecule has 2 aliphatic rings. The number of rotatable bonds is 4. The molecule has 0 aliphatic carbocycles. The molecule has 2 fully saturated rings. The molecule has 0 aromatic rings. The summed E-state index contributed by atoms with van der Waals surface area (Å²) in [6.07, 6.45) is 0.285. The number of hydrogen-bond donors (Lipinski definition) is 3. The van der Waals surface area contributed by atoms with E-state index in [2.05, 4.69) is 93.7 Å². The van der Waals surface area contributed by atoms with Crippen LogP contribution >= 0.6 is 0 Å². The Morgan fingerprint density at radius 2 is 0.879 bits per heavy atom. The minimum absolute atomic E-state index is 0.125. The number of carboxylic acids is 1. The third-order valence-electron chi connectivity index (χ3n) is 9.16. The summed E-state index contributed by atoms with van der Waals surface area (Å²) in [5.74, 6) is 2.14. The van der Waals surface area contributed by atoms with Gasteiger partial charge in [0.1, 0.15) is 0 Å². The Balaban J connectivity index is 2.75. The molecule has 2 heterocycles. The lowest BCUT2D eigenvalue weighted by molar-refractivity contribution is -0.145. The van der Waals surface area contributed by atoms with Gasteiger partial charge in [-0.05, 0) is 89.3 Å². The summed E-state index contributed by atoms with van der Waals surface area (Å²) < 4.78 is 0. The molecule has 0 spiro atoms. The minimum Gasteiger partial charge on any atom is -0.481 e. The fraction of sp³-hybridized carbons (Fsp3) is 0.966. The predicted octanol–water partition coefficient (Wildman–Crippen LogP) is 6.17. The summed E-state index contributed by atoms with van der Waals surface area (Å²) in [6.45, 7) is 32.3. The Morgan fingerprint density at radius 1 is 0.636 bits per heavy atom. The Kier molecular flexibility index (Phi) is 8.50. The number of carboxylic acid groups (broad SMARTS) is 1. The van der Waals surface area contributed by atoms with Gasteiger partial charge < -0.3 is 15.7 Å². The molecule has 2 saturated heterocycles. The molecule has 0 radical (unpaired) electrons. The smallest absolute Gasteiger partial charge is 0.303 e. The number of nitrogens with one attached hydrogen (secondary N) is 2. The first-order chi connectivity index (χ1) is 14.8. The van der Waals surface area contributed by atoms with Gasteiger partial charge in [0.25, 0.3) is 0 Å². The Labute approximate surface area is 205 Å². The molecule has 4 heteroatoms. The van der Waals surface area contributed by atoms with Crippen molar-refractivity contribution in [3.8, 4) is 0 Å². The first kappa shape index (κ1) is 28.6. The van der Waals surface area contributed by atoms with Crippen LogP contribution in [0.1, 0.15) is 89.5 Å². The van der Waals surface area contributed by atoms with E-state index in [0.717, 1.165) is 26.2 Å². The average Bonchev–Trinajstić information content (AvgIpc) is 2.62. The molecule has 2 rings (SSSR count). The van der Waals surface area contributed by atoms with Crippen LogP contribution in [0.15, 0.2) is 0 Å². The second-order valence-electron chi connectivity index (χ2n) is 15.6. The minimum atomic E-state index is -0.627. The molecule has 4 unspecified atom stereocenters. The summed E-state index contributed by atoms with van der Waals surface area (Å²) in [7, 11) is 0. The first-order valence-corrected chi connectivity index (χ1v) is 13.4. The highest BCUT2D eigenvalue weighted by atomic mass is 16.4. The van der Waals surface area contributed by atoms with Crippen LogP contribution in [0, 0.1) is 63.1 Å². The lowest BCUT2D eigenvalue weighted by Crippen LogP contribution is -2.60. The quantitative estimate of drug-likeness (QED) is 0.466. The van der Waals surface area contributed by atoms with E-state index in [1.54, 1.807) is 0 Å². The molecule has 4 nitrogen and oxygen atoms in total. The molecule has 2 aliphatic heterocycles. The molecule has 0 saturated carbocycles. The van der Waals surface area contributed by atoms with Gasteiger partial charge >= 0.3 is 5.97 Å². The second kappa shape index (κ2) is 9.80. The summed E-state index contributed by atoms with van der Waals surface area (Å²) in [5.41, 5.74) is 0.499. The number of hydrogen-bond acceptors (Lipinski definition) is 3. The summed E-state index contributed by atoms with van der Waals surface area (Å²) in [5, 5.41) is 17.8. The van der Waals surface area contributed by atoms with E-state index in [0.29, 0.717) is 35.5 Å². The molecular weight excluding hydrogens is 408 g/mol. The molecule has 0 aromatic heterocycles. The lowest BCUT2D eigenvalue weighted by atomic mass is 9.49. The highest BCUT2D eigenvalue weighted by molar-refractivity contribution is 5.67. The number of aliphatic carboxylic acids is 1. The standard InChI is InChI=1S/C29H56N2O2/c1-26(2,3)19-14-30-15-20(27(4,5)6)24(19)18(13-23(32)33)25-21(28(7,8)9)16-31-17-22(25)29(10,11)12/h18-22,24-25,30-31H,13-17H2,1-12H3,(H,32,33). The van der Waals surface area contributed by atoms with Gasteiger partial charge in [-0.1, -0.05) is 83.1 Å². The van der Waals surface area contributed by atoms with Crippen LogP contribution in [0.4, 0.5) is 0 Å². The van der Waals surface area contributed by atoms with E-state index in [9.17, 15) is 9.90 Å². The van der Waals surface area contributed by atoms with E-state index in [1.165, 1.54) is 0 Å². The van der Waals surface area contributed by atoms with Crippen molar-refractivity contribution in [3.05, 3.63) is 0 Å². The fourth-order valence-electron chi connectivity index (χ4n) is 7.35. The van der Waals surface area contributed by atoms with Crippen LogP contribution in [0.3, 0.4) is 0 Å². The maximum Gasteiger partial charge on any atom is 0.303 e. The van der Waals surface area contributed by atoms with Crippen LogP contribution in [0.5, 0.6) is 0 Å². The van der Waals surface area contributed by atoms with Crippen LogP contribution in [0.25, 0.3) is 0 Å². The van der Waals surface area contributed by atoms with Crippen LogP contribution in [-0.2, 0) is 4.79 Å². The number of piperidine rings is 2. The van der Waals surface area contributed by atoms with Gasteiger partial charge in [0.2, 0.25) is 0 Å². The summed E-state index contributed by atoms with van der Waals surface area (Å²) >= 11 is 0. The Hall–Kier alpha value is -0.610. The highest BCUT2D eigenvalue weighted by Gasteiger charge is 2.54. The molecule has 3 N–H and O–H groups in total. The van der Waals surface area contributed by atoms with Crippen molar-refractivity contribution in [2.75, 3.05) is 26.2 Å². The molecule has 0 aromatic carbocycles. The van der Waals surface area contributed by atoms with E-state index < -0.39 is 5.97 Å². The fourth-order valence-corrected chi connectivity index (χ4v) is 7.35. The summed E-state index contributed by atoms with van der Waals surface area (Å²) in [6, 6.07) is 0. The molecule has 0 bridgehead atoms. The van der Waals surface area contributed by atoms with Crippen molar-refractivity contribution in [3.63, 3.8) is 0 Å². The maximum absolute atomic E-state index is 12.5. The second-order valence-corrected chi connectivity index (χ2v) is 15.6. The third-order valence-corrected chi connectivity index (χ3v) is 9.16. The molecule has 194 valence electrons. The largest absolute Gasteiger partial charge is 0.481 e. The van der Waals surface area contributed by atoms with Crippen molar-refractivity contribution in [1.29, 1.82) is 0 Å². The van der Waals surface area contributed by atoms with Gasteiger partial charge in [0, 0.05) is 6.42 Å². The topological polar surface area (TPSA) is 61.4 Å². The predicted molar refractivity (Wildman–Crippen MR) is 140 cm³/mol. The third kappa shape index (κ3) is 6.75. The van der Waals surface area contributed by atoms with Gasteiger partial charge in [0.15, 0.2) is 0 Å². The van der Waals surface area contributed by atoms with Crippen LogP contribution < -0.4 is 10.6 Å². The van der Waals surface area contributed by atoms with Gasteiger partial charge in [0.05, 0.1) is 0 Å². The van der Waals surface area contributed by atoms with Crippen molar-refractivity contribution in [2.24, 2.45) is 63.1 Å². The Bertz CT molecular complexity index is 565. The van der Waals surface area contributed by atoms with Crippen molar-refractivity contribution < 1.29 is 9.90 Å². The van der Waals surface area contributed by atoms with E-state index in [1.807, 2.05) is 0 Å². The zero-order valence-corrected chi connectivity index (χ0v) is 23.9. The highest BCUT2D eigenvalue weighted by Crippen LogP contribution is 2.56. The van der Waals surface area contributed by atoms with Gasteiger partial charge in [-0.2, -0.15) is 0 Å². The van der Waals surface area contributed by atoms with Crippen LogP contribution in [0.2, 0.25) is 0 Å². The summed E-state index contributed by atoms with van der Waals surface area (Å²) in [4.78, 5) is 12.5. The monoisotopic (exact) mass is 464 g/mol. The van der Waals surface area contributed by atoms with E-state index in [-0.39, 0.29) is 34.0 Å². The van der Waals surface area contributed by atoms with Gasteiger partial charge in [-0.25, -0.2) is 0 Å². The van der Waals surface area contributed by atoms with Crippen molar-refractivity contribution in [1.82, 2.24) is 10.6 Å². The zero-order valence-electron chi connectivity index (χ0n) is 23.9. The van der Waals surface area contributed by atoms with Gasteiger partial charge in [-0.15, -0.1) is 0 Å². The van der Waals surface area contributed by atoms with E-state index in [4.69, 9.17) is 0 Å². The molecule has 0 amide bonds. The molecular formula is C29H56N2O2. The zero-order chi connectivity index (χ0) is 25.6. The Morgan fingerprint density at radius 3 is 1.06 bits per heavy atom. The first-order valence-electron chi connectivity index (χ1n) is 13.4. The van der Waals surface area contributed by atoms with E-state index >= 15 is 0 Å². The number of carbonyl (C=O) groups is 1. The maximum atomic E-state index is 12.5. The van der Waals surface area contributed by atoms with Gasteiger partial charge in [-0.3, -0.25) is 4.79 Å². The van der Waals surface area contributed by atoms with Crippen molar-refractivity contribution >= 4 is 5.97 Å². The molecule has 4 atom stereocenters. The SMILES string of the molecule is CC(C)(C)C1CNCC(C(C)(C)C)C1C(CC(=O)O)C1C(C(C)(C)C)CNCC1C(C)(C)C. The normalized spacial score (nSPS) is 33.6. The lowest BCUT2D eigenvalue weighted by Gasteiger charge is -2.58. The average molecular weight is 465 g/mol. The van der Waals surface area contributed by atoms with Crippen LogP contribution in [-0.4, -0.2) is 37.3 Å². The molecule has 33 heavy (non-hydrogen) atoms.